The van der Waals surface area contributed by atoms with Crippen LogP contribution in [0.4, 0.5) is 0 Å². The van der Waals surface area contributed by atoms with E-state index >= 15 is 0 Å². The van der Waals surface area contributed by atoms with Gasteiger partial charge in [0.25, 0.3) is 0 Å². The number of hydrogen-bond donors (Lipinski definition) is 0. The van der Waals surface area contributed by atoms with Crippen molar-refractivity contribution in [2.24, 2.45) is 5.92 Å². The summed E-state index contributed by atoms with van der Waals surface area (Å²) in [5, 5.41) is 0.701. The number of allylic oxidation sites excluding steroid dienone is 5. The van der Waals surface area contributed by atoms with Crippen LogP contribution in [0, 0.1) is 5.92 Å². The second kappa shape index (κ2) is 6.58. The van der Waals surface area contributed by atoms with Crippen molar-refractivity contribution in [3.63, 3.8) is 0 Å². The Bertz CT molecular complexity index is 570. The third kappa shape index (κ3) is 3.61. The molecule has 3 heteroatoms. The Kier molecular flexibility index (Phi) is 4.80. The van der Waals surface area contributed by atoms with Crippen molar-refractivity contribution in [3.8, 4) is 0 Å². The van der Waals surface area contributed by atoms with E-state index in [2.05, 4.69) is 0 Å². The van der Waals surface area contributed by atoms with E-state index in [1.165, 1.54) is 0 Å². The van der Waals surface area contributed by atoms with Gasteiger partial charge in [-0.3, -0.25) is 4.79 Å². The highest BCUT2D eigenvalue weighted by Crippen LogP contribution is 2.26. The lowest BCUT2D eigenvalue weighted by Gasteiger charge is -2.17. The Hall–Kier alpha value is -1.80. The van der Waals surface area contributed by atoms with Crippen molar-refractivity contribution in [1.82, 2.24) is 4.90 Å². The lowest BCUT2D eigenvalue weighted by molar-refractivity contribution is -0.116. The summed E-state index contributed by atoms with van der Waals surface area (Å²) in [6.45, 7) is 0. The molecule has 1 aromatic rings. The molecule has 0 saturated heterocycles. The first-order valence-electron chi connectivity index (χ1n) is 6.59. The summed E-state index contributed by atoms with van der Waals surface area (Å²) in [6, 6.07) is 9.76. The van der Waals surface area contributed by atoms with E-state index < -0.39 is 0 Å². The van der Waals surface area contributed by atoms with E-state index in [9.17, 15) is 4.79 Å². The molecular weight excluding hydrogens is 270 g/mol. The average molecular weight is 288 g/mol. The fraction of sp³-hybridized carbons (Fsp3) is 0.235. The van der Waals surface area contributed by atoms with Crippen LogP contribution in [0.5, 0.6) is 0 Å². The first kappa shape index (κ1) is 14.6. The summed E-state index contributed by atoms with van der Waals surface area (Å²) < 4.78 is 0. The minimum Gasteiger partial charge on any atom is -0.383 e. The van der Waals surface area contributed by atoms with Gasteiger partial charge in [0.2, 0.25) is 0 Å². The van der Waals surface area contributed by atoms with Crippen LogP contribution >= 0.6 is 11.6 Å². The topological polar surface area (TPSA) is 20.3 Å². The van der Waals surface area contributed by atoms with Crippen LogP contribution in [-0.4, -0.2) is 24.8 Å². The Morgan fingerprint density at radius 3 is 2.55 bits per heavy atom. The second-order valence-electron chi connectivity index (χ2n) is 5.03. The van der Waals surface area contributed by atoms with Gasteiger partial charge in [0.05, 0.1) is 0 Å². The minimum absolute atomic E-state index is 0.126. The maximum absolute atomic E-state index is 12.7. The minimum atomic E-state index is -0.135. The van der Waals surface area contributed by atoms with Crippen LogP contribution in [-0.2, 0) is 4.79 Å². The summed E-state index contributed by atoms with van der Waals surface area (Å²) in [5.74, 6) is -0.00882. The van der Waals surface area contributed by atoms with Crippen LogP contribution in [0.2, 0.25) is 0 Å². The van der Waals surface area contributed by atoms with E-state index in [0.29, 0.717) is 11.5 Å². The van der Waals surface area contributed by atoms with Gasteiger partial charge in [0.15, 0.2) is 5.78 Å². The van der Waals surface area contributed by atoms with E-state index in [1.807, 2.05) is 67.7 Å². The molecule has 0 heterocycles. The molecule has 1 aromatic carbocycles. The number of halogens is 1. The maximum atomic E-state index is 12.7. The molecule has 0 bridgehead atoms. The number of nitrogens with zero attached hydrogens (tertiary/aromatic N) is 1. The maximum Gasteiger partial charge on any atom is 0.172 e. The third-order valence-electron chi connectivity index (χ3n) is 3.13. The van der Waals surface area contributed by atoms with E-state index in [1.54, 1.807) is 6.08 Å². The Morgan fingerprint density at radius 1 is 1.30 bits per heavy atom. The number of hydrogen-bond acceptors (Lipinski definition) is 2. The zero-order valence-electron chi connectivity index (χ0n) is 11.7. The van der Waals surface area contributed by atoms with Gasteiger partial charge in [0.1, 0.15) is 0 Å². The molecule has 0 N–H and O–H groups in total. The smallest absolute Gasteiger partial charge is 0.172 e. The fourth-order valence-corrected chi connectivity index (χ4v) is 2.31. The number of Topliss-reactive ketones (excluding diaryl/α,β-unsaturated/α-hetero) is 1. The molecule has 0 aromatic heterocycles. The molecule has 1 atom stereocenters. The fourth-order valence-electron chi connectivity index (χ4n) is 2.14. The molecule has 0 amide bonds. The monoisotopic (exact) mass is 287 g/mol. The van der Waals surface area contributed by atoms with Gasteiger partial charge >= 0.3 is 0 Å². The first-order chi connectivity index (χ1) is 9.58. The summed E-state index contributed by atoms with van der Waals surface area (Å²) in [5.41, 5.74) is 1.68. The summed E-state index contributed by atoms with van der Waals surface area (Å²) in [6.07, 6.45) is 8.11. The molecule has 20 heavy (non-hydrogen) atoms. The molecule has 0 radical (unpaired) electrons. The van der Waals surface area contributed by atoms with E-state index in [0.717, 1.165) is 11.1 Å². The molecule has 2 nitrogen and oxygen atoms in total. The molecular formula is C17H18ClNO. The van der Waals surface area contributed by atoms with Crippen LogP contribution in [0.15, 0.2) is 59.8 Å². The molecule has 2 rings (SSSR count). The predicted octanol–water partition coefficient (Wildman–Crippen LogP) is 3.86. The largest absolute Gasteiger partial charge is 0.383 e. The zero-order chi connectivity index (χ0) is 14.5. The molecule has 0 saturated carbocycles. The van der Waals surface area contributed by atoms with Crippen LogP contribution in [0.3, 0.4) is 0 Å². The average Bonchev–Trinajstić information content (AvgIpc) is 2.45. The number of benzene rings is 1. The zero-order valence-corrected chi connectivity index (χ0v) is 12.5. The van der Waals surface area contributed by atoms with Crippen molar-refractivity contribution in [1.29, 1.82) is 0 Å². The normalized spacial score (nSPS) is 18.6. The first-order valence-corrected chi connectivity index (χ1v) is 6.97. The van der Waals surface area contributed by atoms with Gasteiger partial charge < -0.3 is 4.90 Å². The van der Waals surface area contributed by atoms with Gasteiger partial charge in [-0.15, -0.1) is 0 Å². The van der Waals surface area contributed by atoms with Gasteiger partial charge in [-0.05, 0) is 18.1 Å². The molecule has 0 fully saturated rings. The number of carbonyl (C=O) groups is 1. The van der Waals surface area contributed by atoms with Crippen molar-refractivity contribution in [2.45, 2.75) is 6.42 Å². The Labute approximate surface area is 125 Å². The second-order valence-corrected chi connectivity index (χ2v) is 5.46. The molecule has 1 aliphatic carbocycles. The summed E-state index contributed by atoms with van der Waals surface area (Å²) >= 11 is 5.91. The standard InChI is InChI=1S/C17H18ClNO/c1-19(2)12-16(13-6-4-3-5-7-13)17(20)14-8-10-15(18)11-9-14/h3-8,10-12,14H,9H2,1-2H3/b16-12+. The van der Waals surface area contributed by atoms with Crippen molar-refractivity contribution in [3.05, 3.63) is 65.4 Å². The number of carbonyl (C=O) groups excluding carboxylic acids is 1. The van der Waals surface area contributed by atoms with Crippen LogP contribution in [0.1, 0.15) is 12.0 Å². The highest BCUT2D eigenvalue weighted by molar-refractivity contribution is 6.31. The third-order valence-corrected chi connectivity index (χ3v) is 3.41. The highest BCUT2D eigenvalue weighted by atomic mass is 35.5. The van der Waals surface area contributed by atoms with Gasteiger partial charge in [0, 0.05) is 36.8 Å². The Balaban J connectivity index is 2.29. The van der Waals surface area contributed by atoms with Gasteiger partial charge in [-0.2, -0.15) is 0 Å². The summed E-state index contributed by atoms with van der Waals surface area (Å²) in [7, 11) is 3.84. The van der Waals surface area contributed by atoms with Crippen molar-refractivity contribution < 1.29 is 4.79 Å². The van der Waals surface area contributed by atoms with Crippen LogP contribution in [0.25, 0.3) is 5.57 Å². The molecule has 104 valence electrons. The molecule has 1 unspecified atom stereocenters. The van der Waals surface area contributed by atoms with Crippen molar-refractivity contribution in [2.75, 3.05) is 14.1 Å². The van der Waals surface area contributed by atoms with Gasteiger partial charge in [-0.25, -0.2) is 0 Å². The van der Waals surface area contributed by atoms with Crippen molar-refractivity contribution >= 4 is 23.0 Å². The number of ketones is 1. The van der Waals surface area contributed by atoms with Gasteiger partial charge in [-0.1, -0.05) is 54.1 Å². The highest BCUT2D eigenvalue weighted by Gasteiger charge is 2.22. The molecule has 0 spiro atoms. The lowest BCUT2D eigenvalue weighted by atomic mass is 9.89. The Morgan fingerprint density at radius 2 is 2.00 bits per heavy atom. The number of rotatable bonds is 4. The van der Waals surface area contributed by atoms with E-state index in [4.69, 9.17) is 11.6 Å². The van der Waals surface area contributed by atoms with Crippen LogP contribution < -0.4 is 0 Å². The SMILES string of the molecule is CN(C)/C=C(/C(=O)C1C=CC(Cl)=CC1)c1ccccc1. The molecule has 1 aliphatic rings. The quantitative estimate of drug-likeness (QED) is 0.784. The van der Waals surface area contributed by atoms with E-state index in [-0.39, 0.29) is 11.7 Å². The predicted molar refractivity (Wildman–Crippen MR) is 84.3 cm³/mol. The lowest BCUT2D eigenvalue weighted by Crippen LogP contribution is -2.17. The molecule has 0 aliphatic heterocycles. The summed E-state index contributed by atoms with van der Waals surface area (Å²) in [4.78, 5) is 14.6.